The Morgan fingerprint density at radius 2 is 1.95 bits per heavy atom. The van der Waals surface area contributed by atoms with Crippen molar-refractivity contribution in [2.75, 3.05) is 19.0 Å². The molecule has 0 aliphatic carbocycles. The van der Waals surface area contributed by atoms with Crippen molar-refractivity contribution < 1.29 is 4.42 Å². The van der Waals surface area contributed by atoms with Crippen LogP contribution in [0.15, 0.2) is 51.6 Å². The van der Waals surface area contributed by atoms with Crippen LogP contribution in [-0.4, -0.2) is 19.1 Å². The van der Waals surface area contributed by atoms with Crippen molar-refractivity contribution in [1.29, 1.82) is 0 Å². The van der Waals surface area contributed by atoms with Crippen LogP contribution in [0.5, 0.6) is 0 Å². The lowest BCUT2D eigenvalue weighted by molar-refractivity contribution is 0.599. The maximum atomic E-state index is 5.89. The monoisotopic (exact) mass is 294 g/mol. The Balaban J connectivity index is 1.95. The number of anilines is 1. The number of hydrogen-bond acceptors (Lipinski definition) is 4. The zero-order valence-electron chi connectivity index (χ0n) is 11.8. The van der Waals surface area contributed by atoms with Crippen LogP contribution >= 0.6 is 11.3 Å². The van der Waals surface area contributed by atoms with E-state index in [1.54, 1.807) is 11.3 Å². The number of fused-ring (bicyclic) bond motifs is 3. The molecule has 0 aliphatic heterocycles. The first-order valence-corrected chi connectivity index (χ1v) is 7.70. The molecule has 4 aromatic rings. The molecule has 2 aromatic carbocycles. The van der Waals surface area contributed by atoms with Crippen LogP contribution in [0, 0.1) is 0 Å². The maximum Gasteiger partial charge on any atom is 0.297 e. The fourth-order valence-corrected chi connectivity index (χ4v) is 3.17. The zero-order chi connectivity index (χ0) is 14.4. The zero-order valence-corrected chi connectivity index (χ0v) is 12.6. The van der Waals surface area contributed by atoms with E-state index < -0.39 is 0 Å². The number of nitrogens with zero attached hydrogens (tertiary/aromatic N) is 2. The predicted molar refractivity (Wildman–Crippen MR) is 89.2 cm³/mol. The molecule has 3 nitrogen and oxygen atoms in total. The first kappa shape index (κ1) is 12.4. The van der Waals surface area contributed by atoms with Crippen LogP contribution in [0.25, 0.3) is 33.0 Å². The molecule has 0 amide bonds. The number of benzene rings is 2. The average Bonchev–Trinajstić information content (AvgIpc) is 3.15. The van der Waals surface area contributed by atoms with Gasteiger partial charge in [-0.3, -0.25) is 0 Å². The highest BCUT2D eigenvalue weighted by Gasteiger charge is 2.11. The Kier molecular flexibility index (Phi) is 2.72. The van der Waals surface area contributed by atoms with Crippen molar-refractivity contribution in [1.82, 2.24) is 4.98 Å². The Bertz CT molecular complexity index is 923. The van der Waals surface area contributed by atoms with Crippen molar-refractivity contribution in [3.8, 4) is 11.1 Å². The predicted octanol–water partition coefficient (Wildman–Crippen LogP) is 4.78. The summed E-state index contributed by atoms with van der Waals surface area (Å²) in [5.41, 5.74) is 4.24. The van der Waals surface area contributed by atoms with E-state index in [0.29, 0.717) is 6.01 Å². The van der Waals surface area contributed by atoms with E-state index in [4.69, 9.17) is 4.42 Å². The van der Waals surface area contributed by atoms with Crippen molar-refractivity contribution in [2.45, 2.75) is 0 Å². The van der Waals surface area contributed by atoms with Gasteiger partial charge >= 0.3 is 0 Å². The minimum atomic E-state index is 0.638. The molecule has 0 N–H and O–H groups in total. The van der Waals surface area contributed by atoms with Gasteiger partial charge in [0.1, 0.15) is 5.52 Å². The van der Waals surface area contributed by atoms with Gasteiger partial charge < -0.3 is 9.32 Å². The third-order valence-electron chi connectivity index (χ3n) is 3.60. The normalized spacial score (nSPS) is 11.3. The standard InChI is InChI=1S/C17H14N2OS/c1-19(2)17-18-15-6-4-12-9-11(13-7-8-21-10-13)3-5-14(12)16(15)20-17/h3-10H,1-2H3. The van der Waals surface area contributed by atoms with Crippen molar-refractivity contribution >= 4 is 39.2 Å². The van der Waals surface area contributed by atoms with E-state index in [-0.39, 0.29) is 0 Å². The highest BCUT2D eigenvalue weighted by Crippen LogP contribution is 2.32. The van der Waals surface area contributed by atoms with E-state index >= 15 is 0 Å². The molecule has 0 aliphatic rings. The molecule has 0 atom stereocenters. The van der Waals surface area contributed by atoms with Gasteiger partial charge in [0.05, 0.1) is 0 Å². The molecular formula is C17H14N2OS. The summed E-state index contributed by atoms with van der Waals surface area (Å²) >= 11 is 1.71. The fraction of sp³-hybridized carbons (Fsp3) is 0.118. The van der Waals surface area contributed by atoms with Gasteiger partial charge in [0.2, 0.25) is 0 Å². The lowest BCUT2D eigenvalue weighted by atomic mass is 10.0. The first-order valence-electron chi connectivity index (χ1n) is 6.75. The molecule has 0 saturated carbocycles. The van der Waals surface area contributed by atoms with Crippen molar-refractivity contribution in [2.24, 2.45) is 0 Å². The summed E-state index contributed by atoms with van der Waals surface area (Å²) in [4.78, 5) is 6.38. The molecule has 0 unspecified atom stereocenters. The molecular weight excluding hydrogens is 280 g/mol. The Hall–Kier alpha value is -2.33. The molecule has 0 radical (unpaired) electrons. The molecule has 21 heavy (non-hydrogen) atoms. The summed E-state index contributed by atoms with van der Waals surface area (Å²) in [6, 6.07) is 13.4. The second kappa shape index (κ2) is 4.60. The molecule has 2 aromatic heterocycles. The smallest absolute Gasteiger partial charge is 0.297 e. The van der Waals surface area contributed by atoms with E-state index in [1.807, 2.05) is 25.1 Å². The SMILES string of the molecule is CN(C)c1nc2ccc3cc(-c4ccsc4)ccc3c2o1. The summed E-state index contributed by atoms with van der Waals surface area (Å²) in [6.45, 7) is 0. The Morgan fingerprint density at radius 3 is 2.71 bits per heavy atom. The highest BCUT2D eigenvalue weighted by molar-refractivity contribution is 7.08. The molecule has 2 heterocycles. The van der Waals surface area contributed by atoms with Crippen molar-refractivity contribution in [3.63, 3.8) is 0 Å². The summed E-state index contributed by atoms with van der Waals surface area (Å²) in [7, 11) is 3.86. The van der Waals surface area contributed by atoms with Crippen LogP contribution < -0.4 is 4.90 Å². The van der Waals surface area contributed by atoms with Gasteiger partial charge in [-0.15, -0.1) is 0 Å². The number of hydrogen-bond donors (Lipinski definition) is 0. The number of aromatic nitrogens is 1. The second-order valence-electron chi connectivity index (χ2n) is 5.25. The Morgan fingerprint density at radius 1 is 1.05 bits per heavy atom. The third-order valence-corrected chi connectivity index (χ3v) is 4.28. The second-order valence-corrected chi connectivity index (χ2v) is 6.03. The van der Waals surface area contributed by atoms with E-state index in [2.05, 4.69) is 46.1 Å². The van der Waals surface area contributed by atoms with Gasteiger partial charge in [0.25, 0.3) is 6.01 Å². The van der Waals surface area contributed by atoms with Crippen molar-refractivity contribution in [3.05, 3.63) is 47.2 Å². The summed E-state index contributed by atoms with van der Waals surface area (Å²) in [5.74, 6) is 0. The van der Waals surface area contributed by atoms with Crippen LogP contribution in [-0.2, 0) is 0 Å². The topological polar surface area (TPSA) is 29.3 Å². The molecule has 0 bridgehead atoms. The lowest BCUT2D eigenvalue weighted by Crippen LogP contribution is -2.08. The molecule has 104 valence electrons. The molecule has 0 fully saturated rings. The third kappa shape index (κ3) is 1.99. The van der Waals surface area contributed by atoms with Crippen LogP contribution in [0.2, 0.25) is 0 Å². The van der Waals surface area contributed by atoms with Gasteiger partial charge in [-0.1, -0.05) is 12.1 Å². The number of thiophene rings is 1. The summed E-state index contributed by atoms with van der Waals surface area (Å²) in [5, 5.41) is 6.54. The van der Waals surface area contributed by atoms with E-state index in [0.717, 1.165) is 16.5 Å². The van der Waals surface area contributed by atoms with E-state index in [9.17, 15) is 0 Å². The van der Waals surface area contributed by atoms with Gasteiger partial charge in [-0.2, -0.15) is 16.3 Å². The van der Waals surface area contributed by atoms with Crippen LogP contribution in [0.3, 0.4) is 0 Å². The molecule has 0 spiro atoms. The van der Waals surface area contributed by atoms with Crippen LogP contribution in [0.4, 0.5) is 6.01 Å². The quantitative estimate of drug-likeness (QED) is 0.533. The lowest BCUT2D eigenvalue weighted by Gasteiger charge is -2.04. The Labute approximate surface area is 126 Å². The average molecular weight is 294 g/mol. The van der Waals surface area contributed by atoms with Crippen LogP contribution in [0.1, 0.15) is 0 Å². The molecule has 4 rings (SSSR count). The van der Waals surface area contributed by atoms with Gasteiger partial charge in [0.15, 0.2) is 5.58 Å². The summed E-state index contributed by atoms with van der Waals surface area (Å²) in [6.07, 6.45) is 0. The van der Waals surface area contributed by atoms with Gasteiger partial charge in [0, 0.05) is 19.5 Å². The van der Waals surface area contributed by atoms with Gasteiger partial charge in [-0.05, 0) is 51.5 Å². The molecule has 4 heteroatoms. The maximum absolute atomic E-state index is 5.89. The largest absolute Gasteiger partial charge is 0.423 e. The highest BCUT2D eigenvalue weighted by atomic mass is 32.1. The molecule has 0 saturated heterocycles. The minimum absolute atomic E-state index is 0.638. The first-order chi connectivity index (χ1) is 10.2. The fourth-order valence-electron chi connectivity index (χ4n) is 2.50. The van der Waals surface area contributed by atoms with Gasteiger partial charge in [-0.25, -0.2) is 0 Å². The number of oxazole rings is 1. The number of rotatable bonds is 2. The van der Waals surface area contributed by atoms with E-state index in [1.165, 1.54) is 16.5 Å². The minimum Gasteiger partial charge on any atom is -0.423 e. The summed E-state index contributed by atoms with van der Waals surface area (Å²) < 4.78 is 5.89.